The molecule has 1 aliphatic rings. The van der Waals surface area contributed by atoms with Gasteiger partial charge >= 0.3 is 0 Å². The minimum absolute atomic E-state index is 0.123. The number of benzene rings is 1. The standard InChI is InChI=1S/C14H19F3N2/c1-3-4-10-8-19(9(2)7-18-10)11-5-12(15)14(17)13(16)6-11/h5-6,9-10,18H,3-4,7-8H2,1-2H3. The Morgan fingerprint density at radius 2 is 1.89 bits per heavy atom. The fourth-order valence-corrected chi connectivity index (χ4v) is 2.54. The van der Waals surface area contributed by atoms with Gasteiger partial charge in [0.05, 0.1) is 0 Å². The predicted octanol–water partition coefficient (Wildman–Crippen LogP) is 3.07. The molecule has 5 heteroatoms. The molecule has 1 fully saturated rings. The van der Waals surface area contributed by atoms with Gasteiger partial charge in [-0.15, -0.1) is 0 Å². The first-order chi connectivity index (χ1) is 9.02. The number of nitrogens with one attached hydrogen (secondary N) is 1. The average molecular weight is 272 g/mol. The Labute approximate surface area is 111 Å². The Hall–Kier alpha value is -1.23. The smallest absolute Gasteiger partial charge is 0.194 e. The molecule has 2 unspecified atom stereocenters. The molecule has 1 heterocycles. The molecular formula is C14H19F3N2. The van der Waals surface area contributed by atoms with Crippen molar-refractivity contribution in [1.82, 2.24) is 5.32 Å². The maximum absolute atomic E-state index is 13.3. The molecule has 1 saturated heterocycles. The van der Waals surface area contributed by atoms with Crippen LogP contribution in [0.1, 0.15) is 26.7 Å². The molecular weight excluding hydrogens is 253 g/mol. The second-order valence-electron chi connectivity index (χ2n) is 5.12. The number of hydrogen-bond donors (Lipinski definition) is 1. The lowest BCUT2D eigenvalue weighted by Crippen LogP contribution is -2.55. The second kappa shape index (κ2) is 5.82. The molecule has 0 aliphatic carbocycles. The van der Waals surface area contributed by atoms with E-state index in [4.69, 9.17) is 0 Å². The predicted molar refractivity (Wildman–Crippen MR) is 69.8 cm³/mol. The van der Waals surface area contributed by atoms with Crippen LogP contribution >= 0.6 is 0 Å². The van der Waals surface area contributed by atoms with E-state index in [9.17, 15) is 13.2 Å². The molecule has 1 N–H and O–H groups in total. The van der Waals surface area contributed by atoms with Crippen LogP contribution in [0.2, 0.25) is 0 Å². The fourth-order valence-electron chi connectivity index (χ4n) is 2.54. The van der Waals surface area contributed by atoms with Crippen LogP contribution in [0.5, 0.6) is 0 Å². The van der Waals surface area contributed by atoms with Gasteiger partial charge in [0.15, 0.2) is 17.5 Å². The summed E-state index contributed by atoms with van der Waals surface area (Å²) in [6, 6.07) is 2.57. The number of hydrogen-bond acceptors (Lipinski definition) is 2. The van der Waals surface area contributed by atoms with Gasteiger partial charge in [0.2, 0.25) is 0 Å². The van der Waals surface area contributed by atoms with Crippen LogP contribution in [0.15, 0.2) is 12.1 Å². The third-order valence-electron chi connectivity index (χ3n) is 3.59. The first kappa shape index (κ1) is 14.2. The monoisotopic (exact) mass is 272 g/mol. The summed E-state index contributed by atoms with van der Waals surface area (Å²) in [4.78, 5) is 1.93. The molecule has 19 heavy (non-hydrogen) atoms. The van der Waals surface area contributed by atoms with Gasteiger partial charge in [-0.25, -0.2) is 13.2 Å². The molecule has 0 spiro atoms. The van der Waals surface area contributed by atoms with Crippen molar-refractivity contribution >= 4 is 5.69 Å². The summed E-state index contributed by atoms with van der Waals surface area (Å²) in [5.41, 5.74) is 0.409. The van der Waals surface area contributed by atoms with Crippen molar-refractivity contribution < 1.29 is 13.2 Å². The lowest BCUT2D eigenvalue weighted by Gasteiger charge is -2.40. The van der Waals surface area contributed by atoms with Gasteiger partial charge in [-0.05, 0) is 13.3 Å². The minimum atomic E-state index is -1.41. The normalized spacial score (nSPS) is 23.7. The Morgan fingerprint density at radius 1 is 1.26 bits per heavy atom. The molecule has 1 aromatic rings. The lowest BCUT2D eigenvalue weighted by atomic mass is 10.0. The van der Waals surface area contributed by atoms with E-state index in [0.717, 1.165) is 31.5 Å². The van der Waals surface area contributed by atoms with E-state index in [2.05, 4.69) is 12.2 Å². The van der Waals surface area contributed by atoms with Crippen molar-refractivity contribution in [1.29, 1.82) is 0 Å². The number of anilines is 1. The Balaban J connectivity index is 2.23. The highest BCUT2D eigenvalue weighted by molar-refractivity contribution is 5.49. The zero-order valence-electron chi connectivity index (χ0n) is 11.2. The van der Waals surface area contributed by atoms with Gasteiger partial charge in [-0.1, -0.05) is 13.3 Å². The third-order valence-corrected chi connectivity index (χ3v) is 3.59. The van der Waals surface area contributed by atoms with Crippen LogP contribution in [0.25, 0.3) is 0 Å². The van der Waals surface area contributed by atoms with E-state index >= 15 is 0 Å². The quantitative estimate of drug-likeness (QED) is 0.851. The van der Waals surface area contributed by atoms with Gasteiger partial charge in [-0.3, -0.25) is 0 Å². The van der Waals surface area contributed by atoms with Gasteiger partial charge in [0.1, 0.15) is 0 Å². The topological polar surface area (TPSA) is 15.3 Å². The summed E-state index contributed by atoms with van der Waals surface area (Å²) in [5.74, 6) is -3.67. The van der Waals surface area contributed by atoms with E-state index in [1.165, 1.54) is 0 Å². The Kier molecular flexibility index (Phi) is 4.34. The summed E-state index contributed by atoms with van der Waals surface area (Å²) < 4.78 is 39.6. The van der Waals surface area contributed by atoms with Gasteiger partial charge in [0, 0.05) is 43.0 Å². The summed E-state index contributed by atoms with van der Waals surface area (Å²) >= 11 is 0. The third kappa shape index (κ3) is 3.03. The average Bonchev–Trinajstić information content (AvgIpc) is 2.38. The van der Waals surface area contributed by atoms with Gasteiger partial charge in [-0.2, -0.15) is 0 Å². The van der Waals surface area contributed by atoms with Crippen molar-refractivity contribution in [3.8, 4) is 0 Å². The summed E-state index contributed by atoms with van der Waals surface area (Å²) in [7, 11) is 0. The maximum atomic E-state index is 13.3. The zero-order valence-corrected chi connectivity index (χ0v) is 11.2. The number of halogens is 3. The van der Waals surface area contributed by atoms with Crippen LogP contribution in [0, 0.1) is 17.5 Å². The van der Waals surface area contributed by atoms with Crippen molar-refractivity contribution in [2.75, 3.05) is 18.0 Å². The van der Waals surface area contributed by atoms with Crippen molar-refractivity contribution in [3.63, 3.8) is 0 Å². The summed E-state index contributed by atoms with van der Waals surface area (Å²) in [5, 5.41) is 3.41. The molecule has 1 aliphatic heterocycles. The molecule has 0 radical (unpaired) electrons. The first-order valence-electron chi connectivity index (χ1n) is 6.67. The maximum Gasteiger partial charge on any atom is 0.194 e. The van der Waals surface area contributed by atoms with Crippen LogP contribution in [0.4, 0.5) is 18.9 Å². The molecule has 2 nitrogen and oxygen atoms in total. The second-order valence-corrected chi connectivity index (χ2v) is 5.12. The highest BCUT2D eigenvalue weighted by Crippen LogP contribution is 2.25. The minimum Gasteiger partial charge on any atom is -0.366 e. The lowest BCUT2D eigenvalue weighted by molar-refractivity contribution is 0.384. The van der Waals surface area contributed by atoms with E-state index < -0.39 is 17.5 Å². The zero-order chi connectivity index (χ0) is 14.0. The fraction of sp³-hybridized carbons (Fsp3) is 0.571. The highest BCUT2D eigenvalue weighted by atomic mass is 19.2. The van der Waals surface area contributed by atoms with Crippen LogP contribution < -0.4 is 10.2 Å². The summed E-state index contributed by atoms with van der Waals surface area (Å²) in [6.07, 6.45) is 2.06. The van der Waals surface area contributed by atoms with Crippen molar-refractivity contribution in [2.24, 2.45) is 0 Å². The SMILES string of the molecule is CCCC1CN(c2cc(F)c(F)c(F)c2)C(C)CN1. The Bertz CT molecular complexity index is 427. The van der Waals surface area contributed by atoms with Crippen LogP contribution in [0.3, 0.4) is 0 Å². The van der Waals surface area contributed by atoms with Crippen molar-refractivity contribution in [3.05, 3.63) is 29.6 Å². The van der Waals surface area contributed by atoms with Gasteiger partial charge < -0.3 is 10.2 Å². The molecule has 2 rings (SSSR count). The summed E-state index contributed by atoms with van der Waals surface area (Å²) in [6.45, 7) is 5.51. The van der Waals surface area contributed by atoms with Crippen LogP contribution in [-0.4, -0.2) is 25.2 Å². The van der Waals surface area contributed by atoms with Gasteiger partial charge in [0.25, 0.3) is 0 Å². The number of rotatable bonds is 3. The number of nitrogens with zero attached hydrogens (tertiary/aromatic N) is 1. The highest BCUT2D eigenvalue weighted by Gasteiger charge is 2.26. The largest absolute Gasteiger partial charge is 0.366 e. The molecule has 0 saturated carbocycles. The van der Waals surface area contributed by atoms with E-state index in [1.54, 1.807) is 0 Å². The van der Waals surface area contributed by atoms with E-state index in [1.807, 2.05) is 11.8 Å². The van der Waals surface area contributed by atoms with Crippen LogP contribution in [-0.2, 0) is 0 Å². The Morgan fingerprint density at radius 3 is 2.47 bits per heavy atom. The molecule has 0 aromatic heterocycles. The number of piperazine rings is 1. The molecule has 0 amide bonds. The molecule has 0 bridgehead atoms. The molecule has 2 atom stereocenters. The molecule has 106 valence electrons. The van der Waals surface area contributed by atoms with E-state index in [0.29, 0.717) is 18.3 Å². The van der Waals surface area contributed by atoms with E-state index in [-0.39, 0.29) is 6.04 Å². The molecule has 1 aromatic carbocycles. The first-order valence-corrected chi connectivity index (χ1v) is 6.67. The van der Waals surface area contributed by atoms with Crippen molar-refractivity contribution in [2.45, 2.75) is 38.8 Å².